The van der Waals surface area contributed by atoms with Crippen LogP contribution in [0.25, 0.3) is 0 Å². The number of carbonyl (C=O) groups is 1. The highest BCUT2D eigenvalue weighted by Crippen LogP contribution is 2.30. The maximum atomic E-state index is 13.8. The molecule has 1 amide bonds. The fourth-order valence-electron chi connectivity index (χ4n) is 3.04. The Morgan fingerprint density at radius 2 is 1.95 bits per heavy atom. The van der Waals surface area contributed by atoms with Gasteiger partial charge in [-0.3, -0.25) is 4.79 Å². The summed E-state index contributed by atoms with van der Waals surface area (Å²) in [6.07, 6.45) is 5.21. The van der Waals surface area contributed by atoms with Gasteiger partial charge in [0.1, 0.15) is 5.82 Å². The lowest BCUT2D eigenvalue weighted by atomic mass is 9.89. The number of amides is 1. The second kappa shape index (κ2) is 5.72. The molecule has 1 N–H and O–H groups in total. The number of H-pyrrole nitrogens is 1. The van der Waals surface area contributed by atoms with Gasteiger partial charge in [-0.25, -0.2) is 4.39 Å². The summed E-state index contributed by atoms with van der Waals surface area (Å²) in [7, 11) is 0. The molecule has 0 spiro atoms. The van der Waals surface area contributed by atoms with E-state index in [1.807, 2.05) is 30.2 Å². The van der Waals surface area contributed by atoms with E-state index in [1.165, 1.54) is 6.07 Å². The van der Waals surface area contributed by atoms with Crippen molar-refractivity contribution in [3.8, 4) is 0 Å². The van der Waals surface area contributed by atoms with Crippen molar-refractivity contribution in [3.63, 3.8) is 0 Å². The van der Waals surface area contributed by atoms with Gasteiger partial charge in [0.25, 0.3) is 5.91 Å². The number of halogens is 1. The van der Waals surface area contributed by atoms with Crippen molar-refractivity contribution in [2.24, 2.45) is 0 Å². The molecular weight excluding hydrogens is 267 g/mol. The molecule has 3 rings (SSSR count). The smallest absolute Gasteiger partial charge is 0.255 e. The van der Waals surface area contributed by atoms with Gasteiger partial charge in [0, 0.05) is 25.5 Å². The molecule has 1 fully saturated rings. The van der Waals surface area contributed by atoms with Gasteiger partial charge in [-0.2, -0.15) is 0 Å². The molecule has 1 aliphatic rings. The number of likely N-dealkylation sites (tertiary alicyclic amines) is 1. The average Bonchev–Trinajstić information content (AvgIpc) is 2.93. The Balaban J connectivity index is 1.67. The summed E-state index contributed by atoms with van der Waals surface area (Å²) in [5, 5.41) is 0. The first kappa shape index (κ1) is 13.9. The second-order valence-corrected chi connectivity index (χ2v) is 5.64. The van der Waals surface area contributed by atoms with Gasteiger partial charge in [0.2, 0.25) is 0 Å². The summed E-state index contributed by atoms with van der Waals surface area (Å²) in [6.45, 7) is 3.29. The van der Waals surface area contributed by atoms with E-state index in [4.69, 9.17) is 0 Å². The molecular formula is C17H19FN2O. The van der Waals surface area contributed by atoms with Crippen LogP contribution in [0.4, 0.5) is 4.39 Å². The third-order valence-corrected chi connectivity index (χ3v) is 4.31. The quantitative estimate of drug-likeness (QED) is 0.901. The molecule has 21 heavy (non-hydrogen) atoms. The number of nitrogens with zero attached hydrogens (tertiary/aromatic N) is 1. The van der Waals surface area contributed by atoms with Crippen molar-refractivity contribution in [3.05, 3.63) is 59.2 Å². The predicted molar refractivity (Wildman–Crippen MR) is 79.8 cm³/mol. The van der Waals surface area contributed by atoms with E-state index < -0.39 is 0 Å². The van der Waals surface area contributed by atoms with Crippen molar-refractivity contribution >= 4 is 5.91 Å². The maximum absolute atomic E-state index is 13.8. The molecule has 0 saturated carbocycles. The molecule has 0 bridgehead atoms. The zero-order valence-electron chi connectivity index (χ0n) is 12.1. The van der Waals surface area contributed by atoms with Crippen molar-refractivity contribution in [1.82, 2.24) is 9.88 Å². The molecule has 1 aliphatic heterocycles. The summed E-state index contributed by atoms with van der Waals surface area (Å²) < 4.78 is 13.8. The Kier molecular flexibility index (Phi) is 3.78. The van der Waals surface area contributed by atoms with Crippen LogP contribution in [0.15, 0.2) is 36.7 Å². The second-order valence-electron chi connectivity index (χ2n) is 5.64. The number of carbonyl (C=O) groups excluding carboxylic acids is 1. The molecule has 0 radical (unpaired) electrons. The third kappa shape index (κ3) is 2.71. The lowest BCUT2D eigenvalue weighted by Crippen LogP contribution is -2.38. The molecule has 3 nitrogen and oxygen atoms in total. The fraction of sp³-hybridized carbons (Fsp3) is 0.353. The summed E-state index contributed by atoms with van der Waals surface area (Å²) in [5.74, 6) is 0.145. The summed E-state index contributed by atoms with van der Waals surface area (Å²) in [4.78, 5) is 17.3. The lowest BCUT2D eigenvalue weighted by molar-refractivity contribution is 0.0712. The SMILES string of the molecule is Cc1c[nH]cc1C(=O)N1CCC(c2ccccc2F)CC1. The van der Waals surface area contributed by atoms with Crippen LogP contribution in [0.5, 0.6) is 0 Å². The summed E-state index contributed by atoms with van der Waals surface area (Å²) in [5.41, 5.74) is 2.48. The molecule has 1 aromatic heterocycles. The Bertz CT molecular complexity index is 642. The first-order chi connectivity index (χ1) is 10.2. The van der Waals surface area contributed by atoms with Crippen LogP contribution in [0.1, 0.15) is 40.2 Å². The number of piperidine rings is 1. The monoisotopic (exact) mass is 286 g/mol. The molecule has 4 heteroatoms. The summed E-state index contributed by atoms with van der Waals surface area (Å²) >= 11 is 0. The van der Waals surface area contributed by atoms with Gasteiger partial charge in [-0.1, -0.05) is 18.2 Å². The molecule has 2 aromatic rings. The molecule has 0 aliphatic carbocycles. The van der Waals surface area contributed by atoms with Gasteiger partial charge in [0.05, 0.1) is 5.56 Å². The van der Waals surface area contributed by atoms with E-state index in [-0.39, 0.29) is 17.6 Å². The minimum atomic E-state index is -0.135. The number of aromatic amines is 1. The first-order valence-electron chi connectivity index (χ1n) is 7.34. The minimum Gasteiger partial charge on any atom is -0.367 e. The number of benzene rings is 1. The predicted octanol–water partition coefficient (Wildman–Crippen LogP) is 3.48. The van der Waals surface area contributed by atoms with Crippen LogP contribution in [-0.4, -0.2) is 28.9 Å². The van der Waals surface area contributed by atoms with Crippen molar-refractivity contribution in [2.75, 3.05) is 13.1 Å². The normalized spacial score (nSPS) is 16.2. The van der Waals surface area contributed by atoms with Gasteiger partial charge in [-0.15, -0.1) is 0 Å². The van der Waals surface area contributed by atoms with Crippen molar-refractivity contribution in [1.29, 1.82) is 0 Å². The third-order valence-electron chi connectivity index (χ3n) is 4.31. The van der Waals surface area contributed by atoms with Crippen LogP contribution in [-0.2, 0) is 0 Å². The Labute approximate surface area is 123 Å². The van der Waals surface area contributed by atoms with E-state index >= 15 is 0 Å². The standard InChI is InChI=1S/C17H19FN2O/c1-12-10-19-11-15(12)17(21)20-8-6-13(7-9-20)14-4-2-3-5-16(14)18/h2-5,10-11,13,19H,6-9H2,1H3. The maximum Gasteiger partial charge on any atom is 0.255 e. The number of hydrogen-bond acceptors (Lipinski definition) is 1. The minimum absolute atomic E-state index is 0.0701. The Hall–Kier alpha value is -2.10. The van der Waals surface area contributed by atoms with Crippen LogP contribution in [0.3, 0.4) is 0 Å². The number of aryl methyl sites for hydroxylation is 1. The van der Waals surface area contributed by atoms with Crippen molar-refractivity contribution < 1.29 is 9.18 Å². The van der Waals surface area contributed by atoms with E-state index in [2.05, 4.69) is 4.98 Å². The van der Waals surface area contributed by atoms with Gasteiger partial charge < -0.3 is 9.88 Å². The summed E-state index contributed by atoms with van der Waals surface area (Å²) in [6, 6.07) is 6.95. The van der Waals surface area contributed by atoms with E-state index in [0.29, 0.717) is 13.1 Å². The zero-order valence-corrected chi connectivity index (χ0v) is 12.1. The van der Waals surface area contributed by atoms with Crippen LogP contribution in [0, 0.1) is 12.7 Å². The molecule has 2 heterocycles. The molecule has 1 saturated heterocycles. The molecule has 0 unspecified atom stereocenters. The zero-order chi connectivity index (χ0) is 14.8. The van der Waals surface area contributed by atoms with Crippen LogP contribution < -0.4 is 0 Å². The lowest BCUT2D eigenvalue weighted by Gasteiger charge is -2.32. The van der Waals surface area contributed by atoms with Gasteiger partial charge >= 0.3 is 0 Å². The van der Waals surface area contributed by atoms with Crippen molar-refractivity contribution in [2.45, 2.75) is 25.7 Å². The fourth-order valence-corrected chi connectivity index (χ4v) is 3.04. The van der Waals surface area contributed by atoms with E-state index in [9.17, 15) is 9.18 Å². The largest absolute Gasteiger partial charge is 0.367 e. The van der Waals surface area contributed by atoms with E-state index in [0.717, 1.165) is 29.5 Å². The van der Waals surface area contributed by atoms with Gasteiger partial charge in [-0.05, 0) is 42.9 Å². The topological polar surface area (TPSA) is 36.1 Å². The Morgan fingerprint density at radius 3 is 2.57 bits per heavy atom. The molecule has 110 valence electrons. The van der Waals surface area contributed by atoms with Crippen LogP contribution in [0.2, 0.25) is 0 Å². The average molecular weight is 286 g/mol. The molecule has 1 aromatic carbocycles. The Morgan fingerprint density at radius 1 is 1.24 bits per heavy atom. The van der Waals surface area contributed by atoms with Crippen LogP contribution >= 0.6 is 0 Å². The number of aromatic nitrogens is 1. The molecule has 0 atom stereocenters. The number of nitrogens with one attached hydrogen (secondary N) is 1. The highest BCUT2D eigenvalue weighted by atomic mass is 19.1. The first-order valence-corrected chi connectivity index (χ1v) is 7.34. The van der Waals surface area contributed by atoms with Gasteiger partial charge in [0.15, 0.2) is 0 Å². The highest BCUT2D eigenvalue weighted by Gasteiger charge is 2.26. The number of rotatable bonds is 2. The highest BCUT2D eigenvalue weighted by molar-refractivity contribution is 5.95. The number of hydrogen-bond donors (Lipinski definition) is 1. The van der Waals surface area contributed by atoms with E-state index in [1.54, 1.807) is 12.3 Å².